The van der Waals surface area contributed by atoms with Gasteiger partial charge in [-0.2, -0.15) is 24.4 Å². The lowest BCUT2D eigenvalue weighted by atomic mass is 10.0. The molecule has 7 nitrogen and oxygen atoms in total. The van der Waals surface area contributed by atoms with Gasteiger partial charge in [0.25, 0.3) is 0 Å². The molecule has 1 amide bonds. The predicted molar refractivity (Wildman–Crippen MR) is 199 cm³/mol. The first-order valence-electron chi connectivity index (χ1n) is 17.7. The van der Waals surface area contributed by atoms with E-state index in [-0.39, 0.29) is 50.6 Å². The number of amides is 1. The van der Waals surface area contributed by atoms with Gasteiger partial charge in [-0.3, -0.25) is 19.2 Å². The molecule has 0 aliphatic carbocycles. The predicted octanol–water partition coefficient (Wildman–Crippen LogP) is 9.93. The number of hydrogen-bond acceptors (Lipinski definition) is 8. The van der Waals surface area contributed by atoms with Crippen LogP contribution in [0, 0.1) is 0 Å². The van der Waals surface area contributed by atoms with Gasteiger partial charge < -0.3 is 14.8 Å². The molecule has 9 heteroatoms. The second-order valence-electron chi connectivity index (χ2n) is 10.6. The molecule has 270 valence electrons. The second-order valence-corrected chi connectivity index (χ2v) is 12.3. The molecule has 0 fully saturated rings. The molecule has 0 aromatic rings. The van der Waals surface area contributed by atoms with Crippen LogP contribution < -0.4 is 5.32 Å². The number of ether oxygens (including phenoxy) is 2. The zero-order valence-electron chi connectivity index (χ0n) is 29.4. The summed E-state index contributed by atoms with van der Waals surface area (Å²) in [4.78, 5) is 47.4. The van der Waals surface area contributed by atoms with E-state index in [4.69, 9.17) is 9.47 Å². The molecule has 0 saturated carbocycles. The van der Waals surface area contributed by atoms with Crippen LogP contribution in [0.15, 0.2) is 0 Å². The molecule has 0 aliphatic rings. The Balaban J connectivity index is -0.00000161. The Kier molecular flexibility index (Phi) is 48.1. The van der Waals surface area contributed by atoms with E-state index in [0.29, 0.717) is 30.8 Å². The van der Waals surface area contributed by atoms with Crippen LogP contribution in [0.5, 0.6) is 0 Å². The molecule has 45 heavy (non-hydrogen) atoms. The first kappa shape index (κ1) is 50.6. The van der Waals surface area contributed by atoms with Crippen LogP contribution in [0.3, 0.4) is 0 Å². The summed E-state index contributed by atoms with van der Waals surface area (Å²) in [6.07, 6.45) is 18.4. The standard InChI is InChI=1S/C31H57NO6S2.2C2H6.CH4/c1-3-4-5-6-7-8-9-12-15-18-28(38-30(35)19-16-13-10-11-14-17-22-39)25-31(36)37-21-24-40-23-20-29(34)32-26-27(2)33;2*1-2;/h28,39H,3-26H2,1-2H3,(H,32,34);2*1-2H3;1H4. The normalized spacial score (nSPS) is 10.6. The number of hydrogen-bond donors (Lipinski definition) is 2. The van der Waals surface area contributed by atoms with Crippen LogP contribution >= 0.6 is 24.4 Å². The lowest BCUT2D eigenvalue weighted by Gasteiger charge is -2.17. The Morgan fingerprint density at radius 2 is 1.24 bits per heavy atom. The maximum Gasteiger partial charge on any atom is 0.309 e. The highest BCUT2D eigenvalue weighted by molar-refractivity contribution is 7.99. The van der Waals surface area contributed by atoms with E-state index in [0.717, 1.165) is 44.3 Å². The number of carbonyl (C=O) groups excluding carboxylic acids is 4. The van der Waals surface area contributed by atoms with Crippen molar-refractivity contribution >= 4 is 48.0 Å². The van der Waals surface area contributed by atoms with Gasteiger partial charge in [0.05, 0.1) is 13.0 Å². The van der Waals surface area contributed by atoms with Crippen molar-refractivity contribution in [2.75, 3.05) is 30.4 Å². The molecule has 0 radical (unpaired) electrons. The first-order valence-corrected chi connectivity index (χ1v) is 19.5. The Bertz CT molecular complexity index is 663. The van der Waals surface area contributed by atoms with E-state index in [9.17, 15) is 19.2 Å². The van der Waals surface area contributed by atoms with E-state index < -0.39 is 6.10 Å². The molecule has 0 bridgehead atoms. The van der Waals surface area contributed by atoms with E-state index in [2.05, 4.69) is 24.9 Å². The van der Waals surface area contributed by atoms with Gasteiger partial charge in [-0.1, -0.05) is 119 Å². The minimum atomic E-state index is -0.433. The van der Waals surface area contributed by atoms with Crippen molar-refractivity contribution in [3.05, 3.63) is 0 Å². The largest absolute Gasteiger partial charge is 0.465 e. The lowest BCUT2D eigenvalue weighted by Crippen LogP contribution is -2.28. The SMILES string of the molecule is C.CC.CC.CCCCCCCCCCCC(CC(=O)OCCSCCC(=O)NCC(C)=O)OC(=O)CCCCCCCCS. The molecule has 1 unspecified atom stereocenters. The van der Waals surface area contributed by atoms with Gasteiger partial charge in [-0.15, -0.1) is 0 Å². The van der Waals surface area contributed by atoms with Crippen LogP contribution in [0.4, 0.5) is 0 Å². The highest BCUT2D eigenvalue weighted by atomic mass is 32.2. The average Bonchev–Trinajstić information content (AvgIpc) is 3.02. The Morgan fingerprint density at radius 1 is 0.711 bits per heavy atom. The fourth-order valence-corrected chi connectivity index (χ4v) is 5.21. The average molecular weight is 680 g/mol. The highest BCUT2D eigenvalue weighted by Gasteiger charge is 2.19. The second kappa shape index (κ2) is 42.8. The van der Waals surface area contributed by atoms with Crippen molar-refractivity contribution in [1.82, 2.24) is 5.32 Å². The highest BCUT2D eigenvalue weighted by Crippen LogP contribution is 2.16. The maximum atomic E-state index is 12.5. The van der Waals surface area contributed by atoms with Crippen molar-refractivity contribution < 1.29 is 28.7 Å². The van der Waals surface area contributed by atoms with Crippen LogP contribution in [-0.2, 0) is 28.7 Å². The number of rotatable bonds is 29. The summed E-state index contributed by atoms with van der Waals surface area (Å²) >= 11 is 5.76. The van der Waals surface area contributed by atoms with Crippen molar-refractivity contribution in [1.29, 1.82) is 0 Å². The number of carbonyl (C=O) groups is 4. The third-order valence-electron chi connectivity index (χ3n) is 6.61. The van der Waals surface area contributed by atoms with Crippen LogP contribution in [-0.4, -0.2) is 60.1 Å². The van der Waals surface area contributed by atoms with E-state index >= 15 is 0 Å². The zero-order chi connectivity index (χ0) is 33.7. The molecule has 1 N–H and O–H groups in total. The summed E-state index contributed by atoms with van der Waals surface area (Å²) in [6, 6.07) is 0. The topological polar surface area (TPSA) is 98.8 Å². The first-order chi connectivity index (χ1) is 21.4. The summed E-state index contributed by atoms with van der Waals surface area (Å²) in [6.45, 7) is 12.0. The van der Waals surface area contributed by atoms with Gasteiger partial charge in [0.15, 0.2) is 0 Å². The smallest absolute Gasteiger partial charge is 0.309 e. The van der Waals surface area contributed by atoms with Gasteiger partial charge in [-0.25, -0.2) is 0 Å². The summed E-state index contributed by atoms with van der Waals surface area (Å²) in [7, 11) is 0. The monoisotopic (exact) mass is 679 g/mol. The van der Waals surface area contributed by atoms with Crippen molar-refractivity contribution in [3.63, 3.8) is 0 Å². The Morgan fingerprint density at radius 3 is 1.80 bits per heavy atom. The molecule has 0 saturated heterocycles. The van der Waals surface area contributed by atoms with Crippen LogP contribution in [0.1, 0.15) is 171 Å². The lowest BCUT2D eigenvalue weighted by molar-refractivity contribution is -0.155. The quantitative estimate of drug-likeness (QED) is 0.0461. The van der Waals surface area contributed by atoms with Crippen LogP contribution in [0.25, 0.3) is 0 Å². The number of Topliss-reactive ketones (excluding diaryl/α,β-unsaturated/α-hetero) is 1. The summed E-state index contributed by atoms with van der Waals surface area (Å²) in [5.41, 5.74) is 0. The Labute approximate surface area is 288 Å². The number of ketones is 1. The van der Waals surface area contributed by atoms with Crippen molar-refractivity contribution in [3.8, 4) is 0 Å². The summed E-state index contributed by atoms with van der Waals surface area (Å²) < 4.78 is 11.1. The molecule has 0 heterocycles. The van der Waals surface area contributed by atoms with Crippen LogP contribution in [0.2, 0.25) is 0 Å². The molecule has 0 spiro atoms. The molecular weight excluding hydrogens is 607 g/mol. The van der Waals surface area contributed by atoms with Gasteiger partial charge in [0.1, 0.15) is 18.5 Å². The fourth-order valence-electron chi connectivity index (χ4n) is 4.26. The number of esters is 2. The molecule has 0 rings (SSSR count). The number of thiol groups is 1. The van der Waals surface area contributed by atoms with Gasteiger partial charge in [0.2, 0.25) is 5.91 Å². The third kappa shape index (κ3) is 42.8. The van der Waals surface area contributed by atoms with Gasteiger partial charge in [-0.05, 0) is 38.4 Å². The molecular formula is C36H73NO6S2. The fraction of sp³-hybridized carbons (Fsp3) is 0.889. The van der Waals surface area contributed by atoms with Crippen molar-refractivity contribution in [2.24, 2.45) is 0 Å². The molecule has 0 aromatic carbocycles. The van der Waals surface area contributed by atoms with E-state index in [1.165, 1.54) is 76.5 Å². The molecule has 0 aromatic heterocycles. The van der Waals surface area contributed by atoms with E-state index in [1.54, 1.807) is 0 Å². The summed E-state index contributed by atoms with van der Waals surface area (Å²) in [5.74, 6) is 1.30. The third-order valence-corrected chi connectivity index (χ3v) is 7.87. The van der Waals surface area contributed by atoms with Gasteiger partial charge in [0, 0.05) is 24.3 Å². The van der Waals surface area contributed by atoms with E-state index in [1.807, 2.05) is 27.7 Å². The summed E-state index contributed by atoms with van der Waals surface area (Å²) in [5, 5.41) is 2.56. The minimum absolute atomic E-state index is 0. The molecule has 1 atom stereocenters. The number of nitrogens with one attached hydrogen (secondary N) is 1. The van der Waals surface area contributed by atoms with Crippen molar-refractivity contribution in [2.45, 2.75) is 177 Å². The Hall–Kier alpha value is -1.22. The zero-order valence-corrected chi connectivity index (χ0v) is 31.1. The maximum absolute atomic E-state index is 12.5. The minimum Gasteiger partial charge on any atom is -0.465 e. The number of unbranched alkanes of at least 4 members (excludes halogenated alkanes) is 13. The molecule has 0 aliphatic heterocycles. The van der Waals surface area contributed by atoms with Gasteiger partial charge >= 0.3 is 11.9 Å². The number of thioether (sulfide) groups is 1.